The fourth-order valence-electron chi connectivity index (χ4n) is 4.69. The number of benzene rings is 3. The molecule has 0 radical (unpaired) electrons. The van der Waals surface area contributed by atoms with Crippen LogP contribution in [0.2, 0.25) is 0 Å². The fraction of sp³-hybridized carbons (Fsp3) is 0.276. The summed E-state index contributed by atoms with van der Waals surface area (Å²) in [4.78, 5) is 20.1. The van der Waals surface area contributed by atoms with Crippen LogP contribution in [0, 0.1) is 6.92 Å². The van der Waals surface area contributed by atoms with E-state index in [1.54, 1.807) is 7.11 Å². The molecular formula is C29H29N3O3. The number of nitrogens with zero attached hydrogens (tertiary/aromatic N) is 3. The predicted molar refractivity (Wildman–Crippen MR) is 134 cm³/mol. The Morgan fingerprint density at radius 1 is 1.06 bits per heavy atom. The zero-order valence-electron chi connectivity index (χ0n) is 20.1. The van der Waals surface area contributed by atoms with Gasteiger partial charge in [0.25, 0.3) is 0 Å². The van der Waals surface area contributed by atoms with Crippen molar-refractivity contribution in [3.63, 3.8) is 0 Å². The number of amides is 1. The van der Waals surface area contributed by atoms with E-state index in [1.165, 1.54) is 16.7 Å². The topological polar surface area (TPSA) is 68.5 Å². The third-order valence-corrected chi connectivity index (χ3v) is 6.64. The van der Waals surface area contributed by atoms with Crippen molar-refractivity contribution < 1.29 is 14.1 Å². The number of fused-ring (bicyclic) bond motifs is 1. The SMILES string of the molecule is COc1ccc(-c2noc(CCC(=O)N(Cc3ccc(C)cc3)[C@@H]3CCc4ccccc43)n2)cc1. The number of carbonyl (C=O) groups is 1. The molecule has 1 heterocycles. The van der Waals surface area contributed by atoms with Crippen LogP contribution in [0.25, 0.3) is 11.4 Å². The zero-order chi connectivity index (χ0) is 24.2. The first-order valence-electron chi connectivity index (χ1n) is 12.0. The van der Waals surface area contributed by atoms with Crippen LogP contribution in [-0.4, -0.2) is 28.1 Å². The van der Waals surface area contributed by atoms with Gasteiger partial charge in [-0.05, 0) is 60.7 Å². The molecule has 0 saturated carbocycles. The zero-order valence-corrected chi connectivity index (χ0v) is 20.1. The summed E-state index contributed by atoms with van der Waals surface area (Å²) in [6, 6.07) is 24.4. The fourth-order valence-corrected chi connectivity index (χ4v) is 4.69. The molecule has 4 aromatic rings. The number of rotatable bonds is 8. The highest BCUT2D eigenvalue weighted by Gasteiger charge is 2.31. The van der Waals surface area contributed by atoms with Gasteiger partial charge in [0.1, 0.15) is 5.75 Å². The molecule has 3 aromatic carbocycles. The molecule has 6 nitrogen and oxygen atoms in total. The maximum atomic E-state index is 13.6. The molecular weight excluding hydrogens is 438 g/mol. The minimum atomic E-state index is 0.0811. The second-order valence-corrected chi connectivity index (χ2v) is 9.00. The average Bonchev–Trinajstić information content (AvgIpc) is 3.54. The van der Waals surface area contributed by atoms with Gasteiger partial charge >= 0.3 is 0 Å². The van der Waals surface area contributed by atoms with Gasteiger partial charge in [0.05, 0.1) is 13.2 Å². The maximum Gasteiger partial charge on any atom is 0.227 e. The first-order valence-corrected chi connectivity index (χ1v) is 12.0. The molecule has 0 N–H and O–H groups in total. The van der Waals surface area contributed by atoms with Crippen LogP contribution >= 0.6 is 0 Å². The minimum Gasteiger partial charge on any atom is -0.497 e. The van der Waals surface area contributed by atoms with Crippen molar-refractivity contribution in [2.45, 2.75) is 45.2 Å². The maximum absolute atomic E-state index is 13.6. The van der Waals surface area contributed by atoms with E-state index in [-0.39, 0.29) is 11.9 Å². The van der Waals surface area contributed by atoms with Crippen LogP contribution in [0.3, 0.4) is 0 Å². The monoisotopic (exact) mass is 467 g/mol. The summed E-state index contributed by atoms with van der Waals surface area (Å²) in [5.74, 6) is 1.84. The molecule has 0 fully saturated rings. The summed E-state index contributed by atoms with van der Waals surface area (Å²) >= 11 is 0. The Labute approximate surface area is 205 Å². The second-order valence-electron chi connectivity index (χ2n) is 9.00. The van der Waals surface area contributed by atoms with Gasteiger partial charge in [0.15, 0.2) is 0 Å². The summed E-state index contributed by atoms with van der Waals surface area (Å²) in [5.41, 5.74) is 5.78. The van der Waals surface area contributed by atoms with Crippen molar-refractivity contribution in [2.24, 2.45) is 0 Å². The molecule has 0 aliphatic heterocycles. The Morgan fingerprint density at radius 2 is 1.83 bits per heavy atom. The van der Waals surface area contributed by atoms with E-state index in [4.69, 9.17) is 9.26 Å². The Balaban J connectivity index is 1.31. The Morgan fingerprint density at radius 3 is 2.60 bits per heavy atom. The number of ether oxygens (including phenoxy) is 1. The molecule has 1 atom stereocenters. The molecule has 0 saturated heterocycles. The number of hydrogen-bond donors (Lipinski definition) is 0. The van der Waals surface area contributed by atoms with E-state index in [0.717, 1.165) is 29.7 Å². The van der Waals surface area contributed by atoms with Crippen LogP contribution < -0.4 is 4.74 Å². The lowest BCUT2D eigenvalue weighted by molar-refractivity contribution is -0.134. The molecule has 0 unspecified atom stereocenters. The van der Waals surface area contributed by atoms with Gasteiger partial charge < -0.3 is 14.2 Å². The molecule has 0 spiro atoms. The van der Waals surface area contributed by atoms with Gasteiger partial charge in [-0.15, -0.1) is 0 Å². The molecule has 5 rings (SSSR count). The van der Waals surface area contributed by atoms with Crippen molar-refractivity contribution in [1.82, 2.24) is 15.0 Å². The van der Waals surface area contributed by atoms with E-state index < -0.39 is 0 Å². The average molecular weight is 468 g/mol. The summed E-state index contributed by atoms with van der Waals surface area (Å²) in [5, 5.41) is 4.10. The summed E-state index contributed by atoms with van der Waals surface area (Å²) in [7, 11) is 1.63. The van der Waals surface area contributed by atoms with Gasteiger partial charge in [0.2, 0.25) is 17.6 Å². The first kappa shape index (κ1) is 22.8. The van der Waals surface area contributed by atoms with Crippen molar-refractivity contribution in [3.05, 3.63) is 101 Å². The van der Waals surface area contributed by atoms with Crippen molar-refractivity contribution >= 4 is 5.91 Å². The first-order chi connectivity index (χ1) is 17.1. The van der Waals surface area contributed by atoms with Crippen LogP contribution in [0.15, 0.2) is 77.3 Å². The second kappa shape index (κ2) is 10.1. The molecule has 1 aromatic heterocycles. The van der Waals surface area contributed by atoms with E-state index in [0.29, 0.717) is 31.1 Å². The molecule has 1 aliphatic rings. The minimum absolute atomic E-state index is 0.0811. The number of carbonyl (C=O) groups excluding carboxylic acids is 1. The van der Waals surface area contributed by atoms with Crippen molar-refractivity contribution in [2.75, 3.05) is 7.11 Å². The Kier molecular flexibility index (Phi) is 6.62. The van der Waals surface area contributed by atoms with Gasteiger partial charge in [0, 0.05) is 24.9 Å². The molecule has 178 valence electrons. The smallest absolute Gasteiger partial charge is 0.227 e. The van der Waals surface area contributed by atoms with E-state index in [2.05, 4.69) is 65.6 Å². The Hall–Kier alpha value is -3.93. The molecule has 35 heavy (non-hydrogen) atoms. The van der Waals surface area contributed by atoms with Crippen LogP contribution in [-0.2, 0) is 24.2 Å². The van der Waals surface area contributed by atoms with Crippen molar-refractivity contribution in [3.8, 4) is 17.1 Å². The Bertz CT molecular complexity index is 1300. The number of hydrogen-bond acceptors (Lipinski definition) is 5. The molecule has 1 amide bonds. The highest BCUT2D eigenvalue weighted by molar-refractivity contribution is 5.77. The molecule has 1 aliphatic carbocycles. The predicted octanol–water partition coefficient (Wildman–Crippen LogP) is 5.70. The highest BCUT2D eigenvalue weighted by atomic mass is 16.5. The third-order valence-electron chi connectivity index (χ3n) is 6.64. The summed E-state index contributed by atoms with van der Waals surface area (Å²) in [6.07, 6.45) is 2.65. The van der Waals surface area contributed by atoms with Crippen LogP contribution in [0.1, 0.15) is 47.0 Å². The van der Waals surface area contributed by atoms with E-state index >= 15 is 0 Å². The van der Waals surface area contributed by atoms with Crippen LogP contribution in [0.5, 0.6) is 5.75 Å². The molecule has 0 bridgehead atoms. The normalized spacial score (nSPS) is 14.5. The van der Waals surface area contributed by atoms with Crippen LogP contribution in [0.4, 0.5) is 0 Å². The van der Waals surface area contributed by atoms with E-state index in [1.807, 2.05) is 29.2 Å². The lowest BCUT2D eigenvalue weighted by Crippen LogP contribution is -2.33. The van der Waals surface area contributed by atoms with Gasteiger partial charge in [-0.3, -0.25) is 4.79 Å². The highest BCUT2D eigenvalue weighted by Crippen LogP contribution is 2.37. The standard InChI is InChI=1S/C29H29N3O3/c1-20-7-9-21(10-8-20)19-32(26-16-13-22-5-3-4-6-25(22)26)28(33)18-17-27-30-29(31-35-27)23-11-14-24(34-2)15-12-23/h3-12,14-15,26H,13,16-19H2,1-2H3/t26-/m1/s1. The van der Waals surface area contributed by atoms with Gasteiger partial charge in [-0.2, -0.15) is 4.98 Å². The number of methoxy groups -OCH3 is 1. The largest absolute Gasteiger partial charge is 0.497 e. The number of aryl methyl sites for hydroxylation is 3. The number of aromatic nitrogens is 2. The quantitative estimate of drug-likeness (QED) is 0.332. The lowest BCUT2D eigenvalue weighted by atomic mass is 10.0. The molecule has 6 heteroatoms. The van der Waals surface area contributed by atoms with Crippen molar-refractivity contribution in [1.29, 1.82) is 0 Å². The van der Waals surface area contributed by atoms with Gasteiger partial charge in [-0.25, -0.2) is 0 Å². The van der Waals surface area contributed by atoms with Gasteiger partial charge in [-0.1, -0.05) is 59.3 Å². The summed E-state index contributed by atoms with van der Waals surface area (Å²) in [6.45, 7) is 2.66. The third kappa shape index (κ3) is 5.11. The van der Waals surface area contributed by atoms with E-state index in [9.17, 15) is 4.79 Å². The summed E-state index contributed by atoms with van der Waals surface area (Å²) < 4.78 is 10.7. The lowest BCUT2D eigenvalue weighted by Gasteiger charge is -2.30.